The van der Waals surface area contributed by atoms with Crippen LogP contribution in [-0.2, 0) is 6.42 Å². The number of nitrogens with zero attached hydrogens (tertiary/aromatic N) is 2. The summed E-state index contributed by atoms with van der Waals surface area (Å²) < 4.78 is 1.09. The molecule has 3 nitrogen and oxygen atoms in total. The molecule has 0 amide bonds. The molecular formula is C15H18BrN3S. The minimum Gasteiger partial charge on any atom is -0.328 e. The molecule has 0 radical (unpaired) electrons. The largest absolute Gasteiger partial charge is 0.328 e. The smallest absolute Gasteiger partial charge is 0.192 e. The Balaban J connectivity index is 2.19. The topological polar surface area (TPSA) is 51.8 Å². The standard InChI is InChI=1S/C15H18BrN3S/c1-9(17)6-12-4-5-13(8-14(12)16)20-15-18-10(2)7-11(3)19-15/h4-5,7-9H,6,17H2,1-3H3. The van der Waals surface area contributed by atoms with E-state index in [2.05, 4.69) is 44.1 Å². The highest BCUT2D eigenvalue weighted by Gasteiger charge is 2.07. The van der Waals surface area contributed by atoms with Crippen LogP contribution in [0.3, 0.4) is 0 Å². The molecule has 1 atom stereocenters. The number of nitrogens with two attached hydrogens (primary N) is 1. The highest BCUT2D eigenvalue weighted by molar-refractivity contribution is 9.10. The molecule has 1 unspecified atom stereocenters. The first-order valence-electron chi connectivity index (χ1n) is 6.48. The van der Waals surface area contributed by atoms with Crippen molar-refractivity contribution in [3.05, 3.63) is 45.7 Å². The van der Waals surface area contributed by atoms with Crippen LogP contribution in [0.1, 0.15) is 23.9 Å². The van der Waals surface area contributed by atoms with Crippen LogP contribution in [0, 0.1) is 13.8 Å². The van der Waals surface area contributed by atoms with Gasteiger partial charge in [-0.05, 0) is 62.7 Å². The van der Waals surface area contributed by atoms with Gasteiger partial charge in [-0.2, -0.15) is 0 Å². The van der Waals surface area contributed by atoms with Gasteiger partial charge in [0.1, 0.15) is 0 Å². The van der Waals surface area contributed by atoms with Crippen LogP contribution in [0.5, 0.6) is 0 Å². The van der Waals surface area contributed by atoms with Gasteiger partial charge < -0.3 is 5.73 Å². The highest BCUT2D eigenvalue weighted by atomic mass is 79.9. The van der Waals surface area contributed by atoms with Gasteiger partial charge in [-0.25, -0.2) is 9.97 Å². The molecular weight excluding hydrogens is 334 g/mol. The van der Waals surface area contributed by atoms with Gasteiger partial charge in [-0.1, -0.05) is 22.0 Å². The zero-order valence-electron chi connectivity index (χ0n) is 11.9. The zero-order valence-corrected chi connectivity index (χ0v) is 14.3. The maximum absolute atomic E-state index is 5.84. The Labute approximate surface area is 132 Å². The molecule has 2 aromatic rings. The molecule has 0 fully saturated rings. The quantitative estimate of drug-likeness (QED) is 0.848. The van der Waals surface area contributed by atoms with Crippen LogP contribution in [0.2, 0.25) is 0 Å². The summed E-state index contributed by atoms with van der Waals surface area (Å²) in [7, 11) is 0. The first kappa shape index (κ1) is 15.5. The second-order valence-corrected chi connectivity index (χ2v) is 6.86. The molecule has 2 rings (SSSR count). The summed E-state index contributed by atoms with van der Waals surface area (Å²) in [6.07, 6.45) is 0.867. The molecule has 0 saturated carbocycles. The summed E-state index contributed by atoms with van der Waals surface area (Å²) in [5.74, 6) is 0. The van der Waals surface area contributed by atoms with Crippen molar-refractivity contribution in [2.45, 2.75) is 43.3 Å². The lowest BCUT2D eigenvalue weighted by Crippen LogP contribution is -2.17. The molecule has 5 heteroatoms. The Bertz CT molecular complexity index is 594. The first-order chi connectivity index (χ1) is 9.44. The summed E-state index contributed by atoms with van der Waals surface area (Å²) in [4.78, 5) is 10.0. The van der Waals surface area contributed by atoms with Crippen molar-refractivity contribution in [3.8, 4) is 0 Å². The van der Waals surface area contributed by atoms with E-state index in [0.717, 1.165) is 32.3 Å². The Morgan fingerprint density at radius 2 is 1.85 bits per heavy atom. The van der Waals surface area contributed by atoms with Gasteiger partial charge in [0.25, 0.3) is 0 Å². The predicted molar refractivity (Wildman–Crippen MR) is 87.1 cm³/mol. The summed E-state index contributed by atoms with van der Waals surface area (Å²) in [6, 6.07) is 8.44. The van der Waals surface area contributed by atoms with Gasteiger partial charge >= 0.3 is 0 Å². The van der Waals surface area contributed by atoms with Crippen LogP contribution in [0.4, 0.5) is 0 Å². The fourth-order valence-electron chi connectivity index (χ4n) is 1.95. The lowest BCUT2D eigenvalue weighted by Gasteiger charge is -2.09. The van der Waals surface area contributed by atoms with E-state index < -0.39 is 0 Å². The third-order valence-corrected chi connectivity index (χ3v) is 4.33. The summed E-state index contributed by atoms with van der Waals surface area (Å²) in [6.45, 7) is 5.99. The van der Waals surface area contributed by atoms with Crippen LogP contribution < -0.4 is 5.73 Å². The SMILES string of the molecule is Cc1cc(C)nc(Sc2ccc(CC(C)N)c(Br)c2)n1. The fourth-order valence-corrected chi connectivity index (χ4v) is 3.54. The third-order valence-electron chi connectivity index (χ3n) is 2.74. The maximum Gasteiger partial charge on any atom is 0.192 e. The van der Waals surface area contributed by atoms with E-state index in [1.165, 1.54) is 5.56 Å². The van der Waals surface area contributed by atoms with E-state index in [-0.39, 0.29) is 6.04 Å². The van der Waals surface area contributed by atoms with Gasteiger partial charge in [0.2, 0.25) is 0 Å². The third kappa shape index (κ3) is 4.30. The van der Waals surface area contributed by atoms with Crippen LogP contribution in [0.15, 0.2) is 38.8 Å². The monoisotopic (exact) mass is 351 g/mol. The van der Waals surface area contributed by atoms with Gasteiger partial charge in [-0.15, -0.1) is 0 Å². The lowest BCUT2D eigenvalue weighted by atomic mass is 10.1. The number of rotatable bonds is 4. The summed E-state index contributed by atoms with van der Waals surface area (Å²) >= 11 is 5.18. The molecule has 106 valence electrons. The number of aromatic nitrogens is 2. The fraction of sp³-hybridized carbons (Fsp3) is 0.333. The normalized spacial score (nSPS) is 12.4. The molecule has 1 aromatic heterocycles. The maximum atomic E-state index is 5.84. The molecule has 20 heavy (non-hydrogen) atoms. The van der Waals surface area contributed by atoms with Crippen molar-refractivity contribution >= 4 is 27.7 Å². The average molecular weight is 352 g/mol. The van der Waals surface area contributed by atoms with Crippen molar-refractivity contribution in [1.82, 2.24) is 9.97 Å². The first-order valence-corrected chi connectivity index (χ1v) is 8.09. The molecule has 0 aliphatic heterocycles. The highest BCUT2D eigenvalue weighted by Crippen LogP contribution is 2.29. The second-order valence-electron chi connectivity index (χ2n) is 4.97. The number of aryl methyl sites for hydroxylation is 2. The zero-order chi connectivity index (χ0) is 14.7. The van der Waals surface area contributed by atoms with E-state index in [9.17, 15) is 0 Å². The van der Waals surface area contributed by atoms with Crippen molar-refractivity contribution < 1.29 is 0 Å². The molecule has 0 saturated heterocycles. The lowest BCUT2D eigenvalue weighted by molar-refractivity contribution is 0.735. The Kier molecular flexibility index (Phi) is 5.18. The molecule has 0 aliphatic rings. The molecule has 0 bridgehead atoms. The van der Waals surface area contributed by atoms with Crippen molar-refractivity contribution in [3.63, 3.8) is 0 Å². The van der Waals surface area contributed by atoms with Gasteiger partial charge in [0.15, 0.2) is 5.16 Å². The van der Waals surface area contributed by atoms with Crippen molar-refractivity contribution in [2.24, 2.45) is 5.73 Å². The van der Waals surface area contributed by atoms with Crippen LogP contribution >= 0.6 is 27.7 Å². The molecule has 0 spiro atoms. The van der Waals surface area contributed by atoms with E-state index >= 15 is 0 Å². The summed E-state index contributed by atoms with van der Waals surface area (Å²) in [5, 5.41) is 0.786. The molecule has 0 aliphatic carbocycles. The molecule has 1 aromatic carbocycles. The molecule has 1 heterocycles. The number of benzene rings is 1. The van der Waals surface area contributed by atoms with Crippen molar-refractivity contribution in [2.75, 3.05) is 0 Å². The Morgan fingerprint density at radius 1 is 1.20 bits per heavy atom. The van der Waals surface area contributed by atoms with E-state index in [1.807, 2.05) is 26.8 Å². The van der Waals surface area contributed by atoms with E-state index in [4.69, 9.17) is 5.73 Å². The number of hydrogen-bond acceptors (Lipinski definition) is 4. The van der Waals surface area contributed by atoms with Gasteiger partial charge in [0, 0.05) is 26.8 Å². The minimum absolute atomic E-state index is 0.160. The van der Waals surface area contributed by atoms with Crippen molar-refractivity contribution in [1.29, 1.82) is 0 Å². The van der Waals surface area contributed by atoms with Gasteiger partial charge in [0.05, 0.1) is 0 Å². The van der Waals surface area contributed by atoms with E-state index in [0.29, 0.717) is 0 Å². The minimum atomic E-state index is 0.160. The van der Waals surface area contributed by atoms with E-state index in [1.54, 1.807) is 11.8 Å². The Hall–Kier alpha value is -0.910. The Morgan fingerprint density at radius 3 is 2.40 bits per heavy atom. The van der Waals surface area contributed by atoms with Crippen LogP contribution in [-0.4, -0.2) is 16.0 Å². The second kappa shape index (κ2) is 6.70. The van der Waals surface area contributed by atoms with Crippen LogP contribution in [0.25, 0.3) is 0 Å². The molecule has 2 N–H and O–H groups in total. The summed E-state index contributed by atoms with van der Waals surface area (Å²) in [5.41, 5.74) is 9.06. The van der Waals surface area contributed by atoms with Gasteiger partial charge in [-0.3, -0.25) is 0 Å². The predicted octanol–water partition coefficient (Wildman–Crippen LogP) is 3.90. The average Bonchev–Trinajstić information content (AvgIpc) is 2.31. The number of hydrogen-bond donors (Lipinski definition) is 1. The number of halogens is 1.